The molecule has 2 atom stereocenters. The van der Waals surface area contributed by atoms with E-state index in [0.29, 0.717) is 18.4 Å². The molecule has 1 saturated heterocycles. The number of benzene rings is 1. The minimum absolute atomic E-state index is 0.0948. The molecule has 1 aromatic rings. The first-order chi connectivity index (χ1) is 10.6. The van der Waals surface area contributed by atoms with E-state index >= 15 is 0 Å². The molecule has 4 nitrogen and oxygen atoms in total. The number of nitrogens with one attached hydrogen (secondary N) is 1. The SMILES string of the molecule is CC(CNC(=O)C(C)N1CCC(CO)CC1)c1ccccc1. The molecular weight excluding hydrogens is 276 g/mol. The summed E-state index contributed by atoms with van der Waals surface area (Å²) in [5, 5.41) is 12.3. The highest BCUT2D eigenvalue weighted by molar-refractivity contribution is 5.81. The summed E-state index contributed by atoms with van der Waals surface area (Å²) in [4.78, 5) is 14.5. The summed E-state index contributed by atoms with van der Waals surface area (Å²) in [5.74, 6) is 0.826. The Labute approximate surface area is 133 Å². The largest absolute Gasteiger partial charge is 0.396 e. The highest BCUT2D eigenvalue weighted by Gasteiger charge is 2.26. The number of aliphatic hydroxyl groups excluding tert-OH is 1. The van der Waals surface area contributed by atoms with Gasteiger partial charge in [-0.05, 0) is 50.3 Å². The predicted octanol–water partition coefficient (Wildman–Crippen LogP) is 2.00. The van der Waals surface area contributed by atoms with Gasteiger partial charge in [-0.25, -0.2) is 0 Å². The van der Waals surface area contributed by atoms with Crippen molar-refractivity contribution in [3.05, 3.63) is 35.9 Å². The molecule has 1 aromatic carbocycles. The maximum atomic E-state index is 12.3. The maximum Gasteiger partial charge on any atom is 0.237 e. The van der Waals surface area contributed by atoms with Gasteiger partial charge in [-0.15, -0.1) is 0 Å². The molecule has 2 unspecified atom stereocenters. The van der Waals surface area contributed by atoms with Gasteiger partial charge in [0.05, 0.1) is 6.04 Å². The third-order valence-electron chi connectivity index (χ3n) is 4.79. The smallest absolute Gasteiger partial charge is 0.237 e. The number of hydrogen-bond donors (Lipinski definition) is 2. The van der Waals surface area contributed by atoms with Gasteiger partial charge in [0, 0.05) is 13.2 Å². The van der Waals surface area contributed by atoms with Crippen molar-refractivity contribution in [2.75, 3.05) is 26.2 Å². The van der Waals surface area contributed by atoms with Crippen LogP contribution < -0.4 is 5.32 Å². The molecule has 0 spiro atoms. The van der Waals surface area contributed by atoms with E-state index in [0.717, 1.165) is 25.9 Å². The van der Waals surface area contributed by atoms with Gasteiger partial charge in [0.1, 0.15) is 0 Å². The van der Waals surface area contributed by atoms with Crippen molar-refractivity contribution < 1.29 is 9.90 Å². The van der Waals surface area contributed by atoms with Crippen LogP contribution in [0.1, 0.15) is 38.2 Å². The topological polar surface area (TPSA) is 52.6 Å². The number of likely N-dealkylation sites (tertiary alicyclic amines) is 1. The molecule has 22 heavy (non-hydrogen) atoms. The lowest BCUT2D eigenvalue weighted by Crippen LogP contribution is -2.49. The van der Waals surface area contributed by atoms with Crippen molar-refractivity contribution >= 4 is 5.91 Å². The Bertz CT molecular complexity index is 455. The number of amides is 1. The summed E-state index contributed by atoms with van der Waals surface area (Å²) >= 11 is 0. The number of carbonyl (C=O) groups excluding carboxylic acids is 1. The second kappa shape index (κ2) is 8.30. The zero-order chi connectivity index (χ0) is 15.9. The lowest BCUT2D eigenvalue weighted by molar-refractivity contribution is -0.126. The van der Waals surface area contributed by atoms with Crippen LogP contribution in [0.15, 0.2) is 30.3 Å². The lowest BCUT2D eigenvalue weighted by atomic mass is 9.96. The molecule has 1 aliphatic heterocycles. The van der Waals surface area contributed by atoms with E-state index < -0.39 is 0 Å². The van der Waals surface area contributed by atoms with E-state index in [9.17, 15) is 9.90 Å². The fourth-order valence-electron chi connectivity index (χ4n) is 2.99. The fraction of sp³-hybridized carbons (Fsp3) is 0.611. The number of aliphatic hydroxyl groups is 1. The Morgan fingerprint density at radius 2 is 1.91 bits per heavy atom. The van der Waals surface area contributed by atoms with Crippen molar-refractivity contribution in [2.45, 2.75) is 38.6 Å². The number of rotatable bonds is 6. The molecule has 0 aromatic heterocycles. The number of carbonyl (C=O) groups is 1. The van der Waals surface area contributed by atoms with Crippen LogP contribution in [0, 0.1) is 5.92 Å². The predicted molar refractivity (Wildman–Crippen MR) is 88.7 cm³/mol. The van der Waals surface area contributed by atoms with Gasteiger partial charge in [-0.3, -0.25) is 9.69 Å². The maximum absolute atomic E-state index is 12.3. The van der Waals surface area contributed by atoms with Gasteiger partial charge in [0.25, 0.3) is 0 Å². The second-order valence-corrected chi connectivity index (χ2v) is 6.39. The first-order valence-corrected chi connectivity index (χ1v) is 8.29. The Balaban J connectivity index is 1.77. The molecule has 1 amide bonds. The summed E-state index contributed by atoms with van der Waals surface area (Å²) < 4.78 is 0. The van der Waals surface area contributed by atoms with Crippen molar-refractivity contribution in [1.82, 2.24) is 10.2 Å². The van der Waals surface area contributed by atoms with Crippen LogP contribution in [0.5, 0.6) is 0 Å². The second-order valence-electron chi connectivity index (χ2n) is 6.39. The van der Waals surface area contributed by atoms with Gasteiger partial charge < -0.3 is 10.4 Å². The van der Waals surface area contributed by atoms with Gasteiger partial charge in [-0.1, -0.05) is 37.3 Å². The van der Waals surface area contributed by atoms with Gasteiger partial charge in [0.2, 0.25) is 5.91 Å². The van der Waals surface area contributed by atoms with Crippen molar-refractivity contribution in [3.63, 3.8) is 0 Å². The first kappa shape index (κ1) is 17.0. The average Bonchev–Trinajstić information content (AvgIpc) is 2.59. The monoisotopic (exact) mass is 304 g/mol. The van der Waals surface area contributed by atoms with Crippen LogP contribution >= 0.6 is 0 Å². The van der Waals surface area contributed by atoms with E-state index in [1.807, 2.05) is 25.1 Å². The van der Waals surface area contributed by atoms with E-state index in [1.165, 1.54) is 5.56 Å². The van der Waals surface area contributed by atoms with Crippen LogP contribution in [0.25, 0.3) is 0 Å². The van der Waals surface area contributed by atoms with Crippen LogP contribution in [0.4, 0.5) is 0 Å². The van der Waals surface area contributed by atoms with Gasteiger partial charge >= 0.3 is 0 Å². The summed E-state index contributed by atoms with van der Waals surface area (Å²) in [7, 11) is 0. The molecule has 0 saturated carbocycles. The molecule has 0 aliphatic carbocycles. The minimum Gasteiger partial charge on any atom is -0.396 e. The van der Waals surface area contributed by atoms with Crippen molar-refractivity contribution in [2.24, 2.45) is 5.92 Å². The average molecular weight is 304 g/mol. The lowest BCUT2D eigenvalue weighted by Gasteiger charge is -2.34. The summed E-state index contributed by atoms with van der Waals surface area (Å²) in [5.41, 5.74) is 1.25. The molecule has 122 valence electrons. The molecular formula is C18H28N2O2. The van der Waals surface area contributed by atoms with E-state index in [1.54, 1.807) is 0 Å². The highest BCUT2D eigenvalue weighted by Crippen LogP contribution is 2.18. The molecule has 2 rings (SSSR count). The summed E-state index contributed by atoms with van der Waals surface area (Å²) in [6.45, 7) is 6.83. The van der Waals surface area contributed by atoms with Crippen molar-refractivity contribution in [1.29, 1.82) is 0 Å². The molecule has 1 fully saturated rings. The van der Waals surface area contributed by atoms with Crippen LogP contribution in [-0.2, 0) is 4.79 Å². The summed E-state index contributed by atoms with van der Waals surface area (Å²) in [6, 6.07) is 10.2. The number of nitrogens with zero attached hydrogens (tertiary/aromatic N) is 1. The molecule has 2 N–H and O–H groups in total. The van der Waals surface area contributed by atoms with Crippen LogP contribution in [0.3, 0.4) is 0 Å². The van der Waals surface area contributed by atoms with E-state index in [4.69, 9.17) is 0 Å². The molecule has 1 aliphatic rings. The Hall–Kier alpha value is -1.39. The van der Waals surface area contributed by atoms with Crippen LogP contribution in [0.2, 0.25) is 0 Å². The molecule has 1 heterocycles. The number of hydrogen-bond acceptors (Lipinski definition) is 3. The van der Waals surface area contributed by atoms with Gasteiger partial charge in [0.15, 0.2) is 0 Å². The molecule has 4 heteroatoms. The molecule has 0 bridgehead atoms. The zero-order valence-electron chi connectivity index (χ0n) is 13.7. The zero-order valence-corrected chi connectivity index (χ0v) is 13.7. The van der Waals surface area contributed by atoms with Crippen LogP contribution in [-0.4, -0.2) is 48.2 Å². The molecule has 0 radical (unpaired) electrons. The first-order valence-electron chi connectivity index (χ1n) is 8.29. The fourth-order valence-corrected chi connectivity index (χ4v) is 2.99. The Morgan fingerprint density at radius 3 is 2.50 bits per heavy atom. The number of piperidine rings is 1. The highest BCUT2D eigenvalue weighted by atomic mass is 16.3. The third-order valence-corrected chi connectivity index (χ3v) is 4.79. The van der Waals surface area contributed by atoms with E-state index in [2.05, 4.69) is 29.3 Å². The quantitative estimate of drug-likeness (QED) is 0.845. The summed E-state index contributed by atoms with van der Waals surface area (Å²) in [6.07, 6.45) is 1.96. The minimum atomic E-state index is -0.0948. The Morgan fingerprint density at radius 1 is 1.27 bits per heavy atom. The normalized spacial score (nSPS) is 19.6. The standard InChI is InChI=1S/C18H28N2O2/c1-14(17-6-4-3-5-7-17)12-19-18(22)15(2)20-10-8-16(13-21)9-11-20/h3-7,14-16,21H,8-13H2,1-2H3,(H,19,22). The van der Waals surface area contributed by atoms with Gasteiger partial charge in [-0.2, -0.15) is 0 Å². The third kappa shape index (κ3) is 4.55. The van der Waals surface area contributed by atoms with Crippen molar-refractivity contribution in [3.8, 4) is 0 Å². The Kier molecular flexibility index (Phi) is 6.40. The van der Waals surface area contributed by atoms with E-state index in [-0.39, 0.29) is 18.6 Å².